The minimum absolute atomic E-state index is 0.292. The first kappa shape index (κ1) is 18.0. The van der Waals surface area contributed by atoms with Gasteiger partial charge in [-0.15, -0.1) is 11.3 Å². The predicted octanol–water partition coefficient (Wildman–Crippen LogP) is 4.34. The zero-order valence-corrected chi connectivity index (χ0v) is 16.2. The number of anilines is 1. The molecule has 0 spiro atoms. The number of hydrogen-bond acceptors (Lipinski definition) is 4. The molecule has 0 aliphatic heterocycles. The summed E-state index contributed by atoms with van der Waals surface area (Å²) < 4.78 is 5.63. The highest BCUT2D eigenvalue weighted by Gasteiger charge is 2.21. The van der Waals surface area contributed by atoms with Gasteiger partial charge in [0.05, 0.1) is 5.56 Å². The van der Waals surface area contributed by atoms with Crippen LogP contribution >= 0.6 is 33.9 Å². The van der Waals surface area contributed by atoms with E-state index in [0.717, 1.165) is 16.9 Å². The minimum atomic E-state index is -0.611. The molecule has 2 amide bonds. The molecule has 3 N–H and O–H groups in total. The summed E-state index contributed by atoms with van der Waals surface area (Å²) in [6.07, 6.45) is 6.63. The molecule has 1 aliphatic carbocycles. The number of nitrogens with two attached hydrogens (primary N) is 1. The van der Waals surface area contributed by atoms with E-state index < -0.39 is 17.6 Å². The number of amides is 2. The van der Waals surface area contributed by atoms with Crippen molar-refractivity contribution < 1.29 is 14.3 Å². The Morgan fingerprint density at radius 3 is 2.70 bits per heavy atom. The fourth-order valence-electron chi connectivity index (χ4n) is 2.01. The lowest BCUT2D eigenvalue weighted by atomic mass is 10.1. The third-order valence-electron chi connectivity index (χ3n) is 2.92. The largest absolute Gasteiger partial charge is 0.444 e. The number of carbonyl (C=O) groups excluding carboxylic acids is 2. The van der Waals surface area contributed by atoms with Gasteiger partial charge in [-0.3, -0.25) is 10.1 Å². The molecule has 1 heterocycles. The van der Waals surface area contributed by atoms with E-state index in [1.165, 1.54) is 11.3 Å². The van der Waals surface area contributed by atoms with E-state index in [1.807, 2.05) is 6.08 Å². The van der Waals surface area contributed by atoms with Crippen molar-refractivity contribution in [1.82, 2.24) is 0 Å². The highest BCUT2D eigenvalue weighted by Crippen LogP contribution is 2.35. The Labute approximate surface area is 153 Å². The SMILES string of the molecule is CC(C)(C)OC(=O)Nc1sc(C2=CC(I)CC=C2)cc1C(N)=O. The minimum Gasteiger partial charge on any atom is -0.444 e. The molecule has 0 bridgehead atoms. The Morgan fingerprint density at radius 1 is 1.43 bits per heavy atom. The van der Waals surface area contributed by atoms with Gasteiger partial charge in [0.25, 0.3) is 5.91 Å². The summed E-state index contributed by atoms with van der Waals surface area (Å²) in [7, 11) is 0. The molecule has 0 radical (unpaired) electrons. The fraction of sp³-hybridized carbons (Fsp3) is 0.375. The van der Waals surface area contributed by atoms with E-state index >= 15 is 0 Å². The van der Waals surface area contributed by atoms with Gasteiger partial charge < -0.3 is 10.5 Å². The van der Waals surface area contributed by atoms with Gasteiger partial charge in [-0.25, -0.2) is 4.79 Å². The van der Waals surface area contributed by atoms with Gasteiger partial charge in [-0.05, 0) is 38.8 Å². The van der Waals surface area contributed by atoms with Crippen molar-refractivity contribution >= 4 is 56.5 Å². The van der Waals surface area contributed by atoms with Crippen molar-refractivity contribution in [2.45, 2.75) is 36.7 Å². The monoisotopic (exact) mass is 446 g/mol. The van der Waals surface area contributed by atoms with Gasteiger partial charge in [0.1, 0.15) is 10.6 Å². The Balaban J connectivity index is 2.27. The molecule has 1 aromatic heterocycles. The van der Waals surface area contributed by atoms with Gasteiger partial charge in [0, 0.05) is 8.80 Å². The van der Waals surface area contributed by atoms with Crippen LogP contribution in [0, 0.1) is 0 Å². The lowest BCUT2D eigenvalue weighted by molar-refractivity contribution is 0.0636. The summed E-state index contributed by atoms with van der Waals surface area (Å²) in [5.74, 6) is -0.579. The molecule has 2 rings (SSSR count). The summed E-state index contributed by atoms with van der Waals surface area (Å²) in [6, 6.07) is 1.71. The Kier molecular flexibility index (Phi) is 5.51. The zero-order chi connectivity index (χ0) is 17.2. The molecule has 5 nitrogen and oxygen atoms in total. The number of hydrogen-bond donors (Lipinski definition) is 2. The molecule has 1 aromatic rings. The maximum absolute atomic E-state index is 11.9. The summed E-state index contributed by atoms with van der Waals surface area (Å²) >= 11 is 3.67. The van der Waals surface area contributed by atoms with Crippen molar-refractivity contribution in [1.29, 1.82) is 0 Å². The zero-order valence-electron chi connectivity index (χ0n) is 13.2. The van der Waals surface area contributed by atoms with Crippen LogP contribution in [0.15, 0.2) is 24.3 Å². The second kappa shape index (κ2) is 7.04. The quantitative estimate of drug-likeness (QED) is 0.536. The molecular weight excluding hydrogens is 427 g/mol. The number of ether oxygens (including phenoxy) is 1. The Hall–Kier alpha value is -1.35. The number of alkyl halides is 1. The maximum atomic E-state index is 11.9. The van der Waals surface area contributed by atoms with Crippen LogP contribution in [-0.2, 0) is 4.74 Å². The standard InChI is InChI=1S/C16H19IN2O3S/c1-16(2,3)22-15(21)19-14-11(13(18)20)8-12(23-14)9-5-4-6-10(17)7-9/h4-5,7-8,10H,6H2,1-3H3,(H2,18,20)(H,19,21). The molecule has 1 aliphatic rings. The number of thiophene rings is 1. The highest BCUT2D eigenvalue weighted by atomic mass is 127. The first-order valence-corrected chi connectivity index (χ1v) is 9.18. The first-order valence-electron chi connectivity index (χ1n) is 7.12. The highest BCUT2D eigenvalue weighted by molar-refractivity contribution is 14.1. The van der Waals surface area contributed by atoms with E-state index in [1.54, 1.807) is 26.8 Å². The smallest absolute Gasteiger partial charge is 0.412 e. The van der Waals surface area contributed by atoms with Crippen molar-refractivity contribution in [2.75, 3.05) is 5.32 Å². The molecule has 0 saturated carbocycles. The molecule has 0 fully saturated rings. The molecule has 1 atom stereocenters. The predicted molar refractivity (Wildman–Crippen MR) is 102 cm³/mol. The van der Waals surface area contributed by atoms with Gasteiger partial charge in [-0.2, -0.15) is 0 Å². The van der Waals surface area contributed by atoms with Crippen LogP contribution in [0.5, 0.6) is 0 Å². The average Bonchev–Trinajstić information content (AvgIpc) is 2.80. The van der Waals surface area contributed by atoms with Crippen LogP contribution in [0.4, 0.5) is 9.80 Å². The van der Waals surface area contributed by atoms with E-state index in [-0.39, 0.29) is 0 Å². The van der Waals surface area contributed by atoms with Gasteiger partial charge in [0.15, 0.2) is 0 Å². The van der Waals surface area contributed by atoms with Crippen molar-refractivity contribution in [3.8, 4) is 0 Å². The number of carbonyl (C=O) groups is 2. The van der Waals surface area contributed by atoms with E-state index in [2.05, 4.69) is 40.1 Å². The van der Waals surface area contributed by atoms with Crippen LogP contribution in [0.3, 0.4) is 0 Å². The molecule has 23 heavy (non-hydrogen) atoms. The van der Waals surface area contributed by atoms with Gasteiger partial charge >= 0.3 is 6.09 Å². The van der Waals surface area contributed by atoms with Gasteiger partial charge in [0.2, 0.25) is 0 Å². The van der Waals surface area contributed by atoms with Crippen LogP contribution < -0.4 is 11.1 Å². The fourth-order valence-corrected chi connectivity index (χ4v) is 3.75. The summed E-state index contributed by atoms with van der Waals surface area (Å²) in [5.41, 5.74) is 6.13. The number of nitrogens with one attached hydrogen (secondary N) is 1. The lowest BCUT2D eigenvalue weighted by Gasteiger charge is -2.19. The third kappa shape index (κ3) is 5.07. The Bertz CT molecular complexity index is 686. The normalized spacial score (nSPS) is 17.6. The molecule has 1 unspecified atom stereocenters. The second-order valence-electron chi connectivity index (χ2n) is 6.12. The number of allylic oxidation sites excluding steroid dienone is 4. The van der Waals surface area contributed by atoms with Crippen molar-refractivity contribution in [3.63, 3.8) is 0 Å². The topological polar surface area (TPSA) is 81.4 Å². The summed E-state index contributed by atoms with van der Waals surface area (Å²) in [4.78, 5) is 24.5. The van der Waals surface area contributed by atoms with E-state index in [0.29, 0.717) is 14.5 Å². The average molecular weight is 446 g/mol. The Morgan fingerprint density at radius 2 is 2.13 bits per heavy atom. The first-order chi connectivity index (χ1) is 10.7. The number of halogens is 1. The van der Waals surface area contributed by atoms with Crippen LogP contribution in [0.1, 0.15) is 42.4 Å². The third-order valence-corrected chi connectivity index (χ3v) is 4.88. The van der Waals surface area contributed by atoms with E-state index in [9.17, 15) is 9.59 Å². The summed E-state index contributed by atoms with van der Waals surface area (Å²) in [5, 5.41) is 3.03. The number of primary amides is 1. The van der Waals surface area contributed by atoms with Crippen molar-refractivity contribution in [2.24, 2.45) is 5.73 Å². The van der Waals surface area contributed by atoms with Crippen LogP contribution in [0.25, 0.3) is 5.57 Å². The van der Waals surface area contributed by atoms with Crippen LogP contribution in [0.2, 0.25) is 0 Å². The van der Waals surface area contributed by atoms with Gasteiger partial charge in [-0.1, -0.05) is 40.8 Å². The van der Waals surface area contributed by atoms with Crippen molar-refractivity contribution in [3.05, 3.63) is 34.7 Å². The molecular formula is C16H19IN2O3S. The second-order valence-corrected chi connectivity index (χ2v) is 8.77. The molecule has 7 heteroatoms. The van der Waals surface area contributed by atoms with Crippen LogP contribution in [-0.4, -0.2) is 21.5 Å². The number of rotatable bonds is 3. The van der Waals surface area contributed by atoms with E-state index in [4.69, 9.17) is 10.5 Å². The molecule has 0 saturated heterocycles. The molecule has 0 aromatic carbocycles. The molecule has 124 valence electrons. The lowest BCUT2D eigenvalue weighted by Crippen LogP contribution is -2.27. The maximum Gasteiger partial charge on any atom is 0.412 e. The summed E-state index contributed by atoms with van der Waals surface area (Å²) in [6.45, 7) is 5.33.